The van der Waals surface area contributed by atoms with Gasteiger partial charge in [0, 0.05) is 25.2 Å². The zero-order valence-electron chi connectivity index (χ0n) is 11.8. The average Bonchev–Trinajstić information content (AvgIpc) is 2.36. The Labute approximate surface area is 120 Å². The molecule has 0 atom stereocenters. The summed E-state index contributed by atoms with van der Waals surface area (Å²) >= 11 is 0. The molecule has 7 heteroatoms. The number of alkyl halides is 3. The molecular weight excluding hydrogens is 285 g/mol. The van der Waals surface area contributed by atoms with Crippen molar-refractivity contribution in [2.45, 2.75) is 25.7 Å². The van der Waals surface area contributed by atoms with Gasteiger partial charge < -0.3 is 15.0 Å². The zero-order valence-corrected chi connectivity index (χ0v) is 11.8. The molecule has 1 saturated heterocycles. The first-order valence-corrected chi connectivity index (χ1v) is 6.57. The first-order valence-electron chi connectivity index (χ1n) is 6.57. The highest BCUT2D eigenvalue weighted by Crippen LogP contribution is 2.24. The molecule has 0 aromatic heterocycles. The molecule has 0 aliphatic carbocycles. The third-order valence-corrected chi connectivity index (χ3v) is 3.38. The number of hydrogen-bond donors (Lipinski definition) is 1. The van der Waals surface area contributed by atoms with Gasteiger partial charge in [0.25, 0.3) is 5.91 Å². The summed E-state index contributed by atoms with van der Waals surface area (Å²) in [6.45, 7) is 5.82. The Hall–Kier alpha value is -1.76. The SMILES string of the molecule is CC1(C)CNCCN1C(=O)c1ccc(OC(F)(F)F)cc1. The summed E-state index contributed by atoms with van der Waals surface area (Å²) in [7, 11) is 0. The zero-order chi connectivity index (χ0) is 15.7. The molecule has 1 aromatic carbocycles. The molecule has 0 unspecified atom stereocenters. The van der Waals surface area contributed by atoms with Gasteiger partial charge in [-0.3, -0.25) is 4.79 Å². The lowest BCUT2D eigenvalue weighted by Gasteiger charge is -2.42. The van der Waals surface area contributed by atoms with Crippen LogP contribution in [-0.2, 0) is 0 Å². The maximum absolute atomic E-state index is 12.4. The van der Waals surface area contributed by atoms with E-state index in [1.165, 1.54) is 12.1 Å². The summed E-state index contributed by atoms with van der Waals surface area (Å²) in [6.07, 6.45) is -4.73. The molecule has 4 nitrogen and oxygen atoms in total. The predicted molar refractivity (Wildman–Crippen MR) is 71.1 cm³/mol. The molecule has 0 bridgehead atoms. The minimum absolute atomic E-state index is 0.194. The van der Waals surface area contributed by atoms with Crippen LogP contribution in [0.4, 0.5) is 13.2 Å². The second-order valence-electron chi connectivity index (χ2n) is 5.52. The van der Waals surface area contributed by atoms with E-state index in [-0.39, 0.29) is 17.2 Å². The number of carbonyl (C=O) groups excluding carboxylic acids is 1. The molecule has 1 fully saturated rings. The fourth-order valence-corrected chi connectivity index (χ4v) is 2.31. The van der Waals surface area contributed by atoms with E-state index in [9.17, 15) is 18.0 Å². The van der Waals surface area contributed by atoms with Gasteiger partial charge in [-0.2, -0.15) is 0 Å². The number of piperazine rings is 1. The normalized spacial score (nSPS) is 18.4. The van der Waals surface area contributed by atoms with Gasteiger partial charge in [-0.1, -0.05) is 0 Å². The van der Waals surface area contributed by atoms with Crippen molar-refractivity contribution in [2.24, 2.45) is 0 Å². The first kappa shape index (κ1) is 15.6. The van der Waals surface area contributed by atoms with Crippen molar-refractivity contribution in [1.82, 2.24) is 10.2 Å². The van der Waals surface area contributed by atoms with E-state index in [0.29, 0.717) is 25.2 Å². The van der Waals surface area contributed by atoms with Gasteiger partial charge in [0.15, 0.2) is 0 Å². The van der Waals surface area contributed by atoms with Gasteiger partial charge in [0.05, 0.1) is 5.54 Å². The number of hydrogen-bond acceptors (Lipinski definition) is 3. The molecular formula is C14H17F3N2O2. The van der Waals surface area contributed by atoms with E-state index >= 15 is 0 Å². The van der Waals surface area contributed by atoms with Crippen molar-refractivity contribution < 1.29 is 22.7 Å². The third-order valence-electron chi connectivity index (χ3n) is 3.38. The maximum Gasteiger partial charge on any atom is 0.573 e. The molecule has 2 rings (SSSR count). The van der Waals surface area contributed by atoms with Crippen LogP contribution in [0, 0.1) is 0 Å². The van der Waals surface area contributed by atoms with E-state index in [1.54, 1.807) is 4.90 Å². The van der Waals surface area contributed by atoms with Crippen LogP contribution in [0.15, 0.2) is 24.3 Å². The highest BCUT2D eigenvalue weighted by molar-refractivity contribution is 5.95. The monoisotopic (exact) mass is 302 g/mol. The Bertz CT molecular complexity index is 512. The standard InChI is InChI=1S/C14H17F3N2O2/c1-13(2)9-18-7-8-19(13)12(20)10-3-5-11(6-4-10)21-14(15,16)17/h3-6,18H,7-9H2,1-2H3. The van der Waals surface area contributed by atoms with E-state index in [1.807, 2.05) is 13.8 Å². The Kier molecular flexibility index (Phi) is 4.13. The summed E-state index contributed by atoms with van der Waals surface area (Å²) in [5, 5.41) is 3.21. The average molecular weight is 302 g/mol. The van der Waals surface area contributed by atoms with E-state index in [4.69, 9.17) is 0 Å². The Morgan fingerprint density at radius 1 is 1.29 bits per heavy atom. The lowest BCUT2D eigenvalue weighted by molar-refractivity contribution is -0.274. The van der Waals surface area contributed by atoms with Crippen LogP contribution >= 0.6 is 0 Å². The fourth-order valence-electron chi connectivity index (χ4n) is 2.31. The van der Waals surface area contributed by atoms with E-state index in [0.717, 1.165) is 12.1 Å². The predicted octanol–water partition coefficient (Wildman–Crippen LogP) is 2.41. The lowest BCUT2D eigenvalue weighted by atomic mass is 9.98. The number of nitrogens with zero attached hydrogens (tertiary/aromatic N) is 1. The van der Waals surface area contributed by atoms with E-state index < -0.39 is 6.36 Å². The third kappa shape index (κ3) is 3.87. The highest BCUT2D eigenvalue weighted by atomic mass is 19.4. The minimum atomic E-state index is -4.73. The molecule has 0 spiro atoms. The Balaban J connectivity index is 2.13. The number of halogens is 3. The Morgan fingerprint density at radius 2 is 1.90 bits per heavy atom. The van der Waals surface area contributed by atoms with Crippen LogP contribution in [0.1, 0.15) is 24.2 Å². The van der Waals surface area contributed by atoms with Crippen LogP contribution in [0.25, 0.3) is 0 Å². The van der Waals surface area contributed by atoms with Crippen LogP contribution in [0.2, 0.25) is 0 Å². The summed E-state index contributed by atoms with van der Waals surface area (Å²) in [5.41, 5.74) is 0.00993. The summed E-state index contributed by atoms with van der Waals surface area (Å²) in [4.78, 5) is 14.2. The van der Waals surface area contributed by atoms with Crippen LogP contribution < -0.4 is 10.1 Å². The molecule has 0 saturated carbocycles. The highest BCUT2D eigenvalue weighted by Gasteiger charge is 2.34. The van der Waals surface area contributed by atoms with Crippen molar-refractivity contribution in [3.05, 3.63) is 29.8 Å². The number of carbonyl (C=O) groups is 1. The number of rotatable bonds is 2. The first-order chi connectivity index (χ1) is 9.69. The summed E-state index contributed by atoms with van der Waals surface area (Å²) in [5.74, 6) is -0.529. The molecule has 0 radical (unpaired) electrons. The van der Waals surface area contributed by atoms with Gasteiger partial charge >= 0.3 is 6.36 Å². The Morgan fingerprint density at radius 3 is 2.43 bits per heavy atom. The van der Waals surface area contributed by atoms with Gasteiger partial charge in [0.2, 0.25) is 0 Å². The number of nitrogens with one attached hydrogen (secondary N) is 1. The minimum Gasteiger partial charge on any atom is -0.406 e. The number of benzene rings is 1. The van der Waals surface area contributed by atoms with Crippen molar-refractivity contribution in [3.8, 4) is 5.75 Å². The van der Waals surface area contributed by atoms with Crippen LogP contribution in [-0.4, -0.2) is 42.3 Å². The maximum atomic E-state index is 12.4. The second kappa shape index (κ2) is 5.55. The van der Waals surface area contributed by atoms with Crippen molar-refractivity contribution >= 4 is 5.91 Å². The molecule has 1 aliphatic heterocycles. The largest absolute Gasteiger partial charge is 0.573 e. The van der Waals surface area contributed by atoms with Crippen LogP contribution in [0.5, 0.6) is 5.75 Å². The smallest absolute Gasteiger partial charge is 0.406 e. The van der Waals surface area contributed by atoms with Gasteiger partial charge in [-0.05, 0) is 38.1 Å². The summed E-state index contributed by atoms with van der Waals surface area (Å²) in [6, 6.07) is 4.99. The number of amides is 1. The van der Waals surface area contributed by atoms with Crippen molar-refractivity contribution in [2.75, 3.05) is 19.6 Å². The molecule has 1 amide bonds. The van der Waals surface area contributed by atoms with E-state index in [2.05, 4.69) is 10.1 Å². The van der Waals surface area contributed by atoms with Gasteiger partial charge in [-0.15, -0.1) is 13.2 Å². The molecule has 21 heavy (non-hydrogen) atoms. The molecule has 1 N–H and O–H groups in total. The lowest BCUT2D eigenvalue weighted by Crippen LogP contribution is -2.59. The topological polar surface area (TPSA) is 41.6 Å². The van der Waals surface area contributed by atoms with Crippen LogP contribution in [0.3, 0.4) is 0 Å². The molecule has 1 heterocycles. The molecule has 116 valence electrons. The number of ether oxygens (including phenoxy) is 1. The second-order valence-corrected chi connectivity index (χ2v) is 5.52. The fraction of sp³-hybridized carbons (Fsp3) is 0.500. The van der Waals surface area contributed by atoms with Crippen molar-refractivity contribution in [1.29, 1.82) is 0 Å². The molecule has 1 aromatic rings. The van der Waals surface area contributed by atoms with Gasteiger partial charge in [-0.25, -0.2) is 0 Å². The summed E-state index contributed by atoms with van der Waals surface area (Å²) < 4.78 is 40.1. The quantitative estimate of drug-likeness (QED) is 0.912. The van der Waals surface area contributed by atoms with Gasteiger partial charge in [0.1, 0.15) is 5.75 Å². The molecule has 1 aliphatic rings. The van der Waals surface area contributed by atoms with Crippen molar-refractivity contribution in [3.63, 3.8) is 0 Å².